The first-order valence-electron chi connectivity index (χ1n) is 13.2. The molecule has 0 aliphatic carbocycles. The lowest BCUT2D eigenvalue weighted by atomic mass is 9.95. The number of pyridine rings is 2. The number of nitrogens with zero attached hydrogens (tertiary/aromatic N) is 6. The lowest BCUT2D eigenvalue weighted by molar-refractivity contribution is -0.137. The summed E-state index contributed by atoms with van der Waals surface area (Å²) in [4.78, 5) is 20.6. The maximum absolute atomic E-state index is 16.1. The second kappa shape index (κ2) is 9.91. The summed E-state index contributed by atoms with van der Waals surface area (Å²) < 4.78 is 77.8. The molecular weight excluding hydrogens is 535 g/mol. The van der Waals surface area contributed by atoms with E-state index >= 15 is 4.39 Å². The summed E-state index contributed by atoms with van der Waals surface area (Å²) in [6.07, 6.45) is -1.73. The Morgan fingerprint density at radius 1 is 1.23 bits per heavy atom. The monoisotopic (exact) mass is 564 g/mol. The topological polar surface area (TPSA) is 105 Å². The molecule has 0 unspecified atom stereocenters. The third kappa shape index (κ3) is 4.66. The van der Waals surface area contributed by atoms with Crippen LogP contribution in [0.2, 0.25) is 0 Å². The number of hydrogen-bond acceptors (Lipinski definition) is 9. The molecule has 3 N–H and O–H groups in total. The summed E-state index contributed by atoms with van der Waals surface area (Å²) in [6.45, 7) is 2.68. The summed E-state index contributed by atoms with van der Waals surface area (Å²) in [6, 6.07) is 1.64. The Morgan fingerprint density at radius 3 is 2.80 bits per heavy atom. The Labute approximate surface area is 226 Å². The highest BCUT2D eigenvalue weighted by molar-refractivity contribution is 5.92. The molecule has 3 aromatic rings. The van der Waals surface area contributed by atoms with Crippen LogP contribution < -0.4 is 20.7 Å². The number of rotatable bonds is 6. The largest absolute Gasteiger partial charge is 0.461 e. The van der Waals surface area contributed by atoms with E-state index in [9.17, 15) is 17.6 Å². The molecule has 3 saturated heterocycles. The lowest BCUT2D eigenvalue weighted by Crippen LogP contribution is -2.43. The molecule has 9 nitrogen and oxygen atoms in total. The Hall–Kier alpha value is -3.39. The summed E-state index contributed by atoms with van der Waals surface area (Å²) in [7, 11) is 1.80. The third-order valence-corrected chi connectivity index (χ3v) is 8.24. The van der Waals surface area contributed by atoms with Gasteiger partial charge in [-0.1, -0.05) is 0 Å². The zero-order chi connectivity index (χ0) is 28.2. The smallest absolute Gasteiger partial charge is 0.418 e. The van der Waals surface area contributed by atoms with Crippen LogP contribution in [0.1, 0.15) is 31.2 Å². The molecule has 14 heteroatoms. The minimum Gasteiger partial charge on any atom is -0.461 e. The predicted octanol–water partition coefficient (Wildman–Crippen LogP) is 3.58. The van der Waals surface area contributed by atoms with E-state index in [2.05, 4.69) is 30.2 Å². The van der Waals surface area contributed by atoms with Gasteiger partial charge >= 0.3 is 12.2 Å². The maximum atomic E-state index is 16.1. The van der Waals surface area contributed by atoms with Crippen molar-refractivity contribution in [3.05, 3.63) is 29.7 Å². The number of nitrogens with one attached hydrogen (secondary N) is 1. The fourth-order valence-electron chi connectivity index (χ4n) is 6.19. The highest BCUT2D eigenvalue weighted by Crippen LogP contribution is 2.41. The Balaban J connectivity index is 1.46. The van der Waals surface area contributed by atoms with Gasteiger partial charge in [0, 0.05) is 38.8 Å². The van der Waals surface area contributed by atoms with E-state index in [0.29, 0.717) is 25.3 Å². The van der Waals surface area contributed by atoms with E-state index in [1.54, 1.807) is 7.05 Å². The second-order valence-corrected chi connectivity index (χ2v) is 10.8. The van der Waals surface area contributed by atoms with Crippen molar-refractivity contribution in [3.63, 3.8) is 0 Å². The van der Waals surface area contributed by atoms with Gasteiger partial charge in [-0.2, -0.15) is 23.1 Å². The number of alkyl halides is 4. The minimum atomic E-state index is -4.82. The second-order valence-electron chi connectivity index (χ2n) is 10.8. The Morgan fingerprint density at radius 2 is 2.05 bits per heavy atom. The van der Waals surface area contributed by atoms with E-state index in [0.717, 1.165) is 44.5 Å². The van der Waals surface area contributed by atoms with Crippen LogP contribution in [0.4, 0.5) is 33.6 Å². The van der Waals surface area contributed by atoms with Gasteiger partial charge < -0.3 is 20.7 Å². The average molecular weight is 565 g/mol. The average Bonchev–Trinajstić information content (AvgIpc) is 3.63. The first-order chi connectivity index (χ1) is 19.1. The molecule has 0 bridgehead atoms. The molecule has 0 spiro atoms. The van der Waals surface area contributed by atoms with Crippen molar-refractivity contribution < 1.29 is 26.7 Å². The molecule has 0 radical (unpaired) electrons. The van der Waals surface area contributed by atoms with Gasteiger partial charge in [0.1, 0.15) is 41.3 Å². The molecule has 214 valence electrons. The van der Waals surface area contributed by atoms with Crippen LogP contribution in [0.15, 0.2) is 18.3 Å². The molecule has 6 heterocycles. The molecular formula is C26H29F5N8O. The molecule has 3 aliphatic rings. The molecule has 0 amide bonds. The molecule has 3 aromatic heterocycles. The maximum Gasteiger partial charge on any atom is 0.418 e. The fourth-order valence-corrected chi connectivity index (χ4v) is 6.19. The van der Waals surface area contributed by atoms with Crippen molar-refractivity contribution >= 4 is 22.5 Å². The van der Waals surface area contributed by atoms with Crippen LogP contribution in [-0.2, 0) is 6.18 Å². The van der Waals surface area contributed by atoms with Crippen LogP contribution >= 0.6 is 0 Å². The normalized spacial score (nSPS) is 25.1. The van der Waals surface area contributed by atoms with E-state index < -0.39 is 40.7 Å². The van der Waals surface area contributed by atoms with Crippen LogP contribution in [0, 0.1) is 5.82 Å². The predicted molar refractivity (Wildman–Crippen MR) is 138 cm³/mol. The number of ether oxygens (including phenoxy) is 1. The summed E-state index contributed by atoms with van der Waals surface area (Å²) in [5.74, 6) is -0.982. The quantitative estimate of drug-likeness (QED) is 0.435. The lowest BCUT2D eigenvalue weighted by Gasteiger charge is -2.31. The molecule has 3 atom stereocenters. The summed E-state index contributed by atoms with van der Waals surface area (Å²) >= 11 is 0. The molecule has 3 aliphatic heterocycles. The number of anilines is 2. The zero-order valence-electron chi connectivity index (χ0n) is 21.8. The van der Waals surface area contributed by atoms with E-state index in [1.165, 1.54) is 6.20 Å². The van der Waals surface area contributed by atoms with Crippen LogP contribution in [0.25, 0.3) is 22.3 Å². The molecule has 6 rings (SSSR count). The SMILES string of the molecule is CN(c1nc(OC[C@@]23CCCN2C[C@H](F)C3)nc2c(F)c(-c3nc(N)ccc3C(F)(F)F)ncc12)[C@@H]1CCNC1. The van der Waals surface area contributed by atoms with Crippen LogP contribution in [-0.4, -0.2) is 82.4 Å². The highest BCUT2D eigenvalue weighted by Gasteiger charge is 2.49. The summed E-state index contributed by atoms with van der Waals surface area (Å²) in [5.41, 5.74) is 2.38. The minimum absolute atomic E-state index is 0.0344. The standard InChI is InChI=1S/C26H29F5N8O/c1-38(15-5-7-33-10-15)23-16-11-34-22(21-17(26(29,30)31)3-4-18(32)35-21)19(28)20(16)36-24(37-23)40-13-25-6-2-8-39(25)12-14(27)9-25/h3-4,11,14-15,33H,2,5-10,12-13H2,1H3,(H2,32,35)/t14-,15-,25+/m1/s1. The number of nitrogens with two attached hydrogens (primary N) is 1. The Kier molecular flexibility index (Phi) is 6.64. The van der Waals surface area contributed by atoms with E-state index in [4.69, 9.17) is 10.5 Å². The number of nitrogen functional groups attached to an aromatic ring is 1. The number of likely N-dealkylation sites (N-methyl/N-ethyl adjacent to an activating group) is 1. The van der Waals surface area contributed by atoms with Crippen molar-refractivity contribution in [1.82, 2.24) is 30.2 Å². The zero-order valence-corrected chi connectivity index (χ0v) is 21.8. The van der Waals surface area contributed by atoms with Gasteiger partial charge in [0.05, 0.1) is 16.5 Å². The van der Waals surface area contributed by atoms with Gasteiger partial charge in [-0.25, -0.2) is 13.8 Å². The van der Waals surface area contributed by atoms with Crippen molar-refractivity contribution in [2.24, 2.45) is 0 Å². The molecule has 0 saturated carbocycles. The van der Waals surface area contributed by atoms with E-state index in [1.807, 2.05) is 4.90 Å². The molecule has 3 fully saturated rings. The first kappa shape index (κ1) is 26.8. The van der Waals surface area contributed by atoms with Crippen molar-refractivity contribution in [2.45, 2.75) is 49.6 Å². The number of halogens is 5. The number of aromatic nitrogens is 4. The van der Waals surface area contributed by atoms with Crippen molar-refractivity contribution in [1.29, 1.82) is 0 Å². The van der Waals surface area contributed by atoms with Gasteiger partial charge in [-0.05, 0) is 44.5 Å². The van der Waals surface area contributed by atoms with Crippen LogP contribution in [0.3, 0.4) is 0 Å². The highest BCUT2D eigenvalue weighted by atomic mass is 19.4. The third-order valence-electron chi connectivity index (χ3n) is 8.24. The van der Waals surface area contributed by atoms with Crippen molar-refractivity contribution in [2.75, 3.05) is 50.5 Å². The molecule has 40 heavy (non-hydrogen) atoms. The van der Waals surface area contributed by atoms with Gasteiger partial charge in [0.15, 0.2) is 5.82 Å². The van der Waals surface area contributed by atoms with Gasteiger partial charge in [0.2, 0.25) is 0 Å². The van der Waals surface area contributed by atoms with E-state index in [-0.39, 0.29) is 35.4 Å². The van der Waals surface area contributed by atoms with Gasteiger partial charge in [-0.15, -0.1) is 0 Å². The van der Waals surface area contributed by atoms with Gasteiger partial charge in [0.25, 0.3) is 0 Å². The summed E-state index contributed by atoms with van der Waals surface area (Å²) in [5, 5.41) is 3.48. The fraction of sp³-hybridized carbons (Fsp3) is 0.538. The van der Waals surface area contributed by atoms with Crippen LogP contribution in [0.5, 0.6) is 6.01 Å². The first-order valence-corrected chi connectivity index (χ1v) is 13.2. The van der Waals surface area contributed by atoms with Gasteiger partial charge in [-0.3, -0.25) is 9.88 Å². The molecule has 0 aromatic carbocycles. The Bertz CT molecular complexity index is 1430. The van der Waals surface area contributed by atoms with Crippen molar-refractivity contribution in [3.8, 4) is 17.4 Å². The number of fused-ring (bicyclic) bond motifs is 2. The number of hydrogen-bond donors (Lipinski definition) is 2.